The normalized spacial score (nSPS) is 12.9. The second kappa shape index (κ2) is 3.35. The van der Waals surface area contributed by atoms with Gasteiger partial charge in [0, 0.05) is 7.05 Å². The number of aryl methyl sites for hydroxylation is 1. The highest BCUT2D eigenvalue weighted by atomic mass is 19.4. The topological polar surface area (TPSA) is 73.8 Å². The zero-order valence-electron chi connectivity index (χ0n) is 7.50. The number of nitrogens with zero attached hydrogens (tertiary/aromatic N) is 4. The monoisotopic (exact) mass is 246 g/mol. The molecule has 0 bridgehead atoms. The summed E-state index contributed by atoms with van der Waals surface area (Å²) in [5, 5.41) is 15.6. The molecule has 1 heterocycles. The highest BCUT2D eigenvalue weighted by Crippen LogP contribution is 2.45. The van der Waals surface area contributed by atoms with Gasteiger partial charge in [0.05, 0.1) is 5.21 Å². The minimum absolute atomic E-state index is 0.0195. The van der Waals surface area contributed by atoms with Crippen molar-refractivity contribution in [1.82, 2.24) is 15.0 Å². The third-order valence-corrected chi connectivity index (χ3v) is 1.64. The molecule has 1 rings (SSSR count). The minimum atomic E-state index is -5.95. The van der Waals surface area contributed by atoms with E-state index in [9.17, 15) is 32.1 Å². The summed E-state index contributed by atoms with van der Waals surface area (Å²) < 4.78 is 61.7. The maximum Gasteiger partial charge on any atom is 0.460 e. The van der Waals surface area contributed by atoms with Crippen LogP contribution in [0.5, 0.6) is 0 Å². The molecule has 90 valence electrons. The number of aromatic nitrogens is 3. The third kappa shape index (κ3) is 1.67. The smallest absolute Gasteiger partial charge is 0.358 e. The Morgan fingerprint density at radius 1 is 1.31 bits per heavy atom. The van der Waals surface area contributed by atoms with Crippen LogP contribution in [-0.4, -0.2) is 26.1 Å². The number of hydrogen-bond donors (Lipinski definition) is 0. The van der Waals surface area contributed by atoms with Crippen molar-refractivity contribution in [2.45, 2.75) is 12.1 Å². The van der Waals surface area contributed by atoms with Crippen molar-refractivity contribution in [3.63, 3.8) is 0 Å². The molecule has 0 aliphatic heterocycles. The summed E-state index contributed by atoms with van der Waals surface area (Å²) in [7, 11) is 0.703. The molecule has 0 saturated carbocycles. The van der Waals surface area contributed by atoms with Crippen molar-refractivity contribution >= 4 is 5.82 Å². The molecule has 0 radical (unpaired) electrons. The van der Waals surface area contributed by atoms with E-state index in [4.69, 9.17) is 0 Å². The molecule has 0 aromatic carbocycles. The van der Waals surface area contributed by atoms with Gasteiger partial charge in [0.25, 0.3) is 0 Å². The molecular formula is C5H3F5N4O2. The lowest BCUT2D eigenvalue weighted by Crippen LogP contribution is -2.36. The standard InChI is InChI=1S/C5H3F5N4O2/c1-13-2(3(11-12-13)14(15)16)4(6,7)5(8,9)10/h1H3. The van der Waals surface area contributed by atoms with Crippen LogP contribution in [0.25, 0.3) is 0 Å². The quantitative estimate of drug-likeness (QED) is 0.448. The minimum Gasteiger partial charge on any atom is -0.358 e. The fourth-order valence-corrected chi connectivity index (χ4v) is 0.947. The van der Waals surface area contributed by atoms with Gasteiger partial charge >= 0.3 is 17.9 Å². The van der Waals surface area contributed by atoms with E-state index in [2.05, 4.69) is 10.3 Å². The average Bonchev–Trinajstić information content (AvgIpc) is 2.45. The number of rotatable bonds is 2. The summed E-state index contributed by atoms with van der Waals surface area (Å²) >= 11 is 0. The lowest BCUT2D eigenvalue weighted by atomic mass is 10.2. The maximum atomic E-state index is 12.8. The Morgan fingerprint density at radius 2 is 1.81 bits per heavy atom. The highest BCUT2D eigenvalue weighted by molar-refractivity contribution is 5.30. The second-order valence-electron chi connectivity index (χ2n) is 2.71. The van der Waals surface area contributed by atoms with Gasteiger partial charge in [-0.05, 0) is 4.92 Å². The number of hydrogen-bond acceptors (Lipinski definition) is 4. The Labute approximate surface area is 83.8 Å². The molecule has 16 heavy (non-hydrogen) atoms. The number of nitro groups is 1. The van der Waals surface area contributed by atoms with E-state index in [1.165, 1.54) is 0 Å². The molecule has 0 unspecified atom stereocenters. The van der Waals surface area contributed by atoms with Crippen LogP contribution in [0.4, 0.5) is 27.8 Å². The fraction of sp³-hybridized carbons (Fsp3) is 0.600. The molecule has 0 fully saturated rings. The summed E-state index contributed by atoms with van der Waals surface area (Å²) in [6, 6.07) is 0. The molecule has 0 aliphatic rings. The van der Waals surface area contributed by atoms with E-state index in [1.807, 2.05) is 0 Å². The first-order valence-electron chi connectivity index (χ1n) is 3.58. The van der Waals surface area contributed by atoms with Crippen molar-refractivity contribution in [2.75, 3.05) is 0 Å². The van der Waals surface area contributed by atoms with Crippen LogP contribution in [0.15, 0.2) is 0 Å². The summed E-state index contributed by atoms with van der Waals surface area (Å²) in [4.78, 5) is 8.74. The Morgan fingerprint density at radius 3 is 2.19 bits per heavy atom. The summed E-state index contributed by atoms with van der Waals surface area (Å²) in [6.45, 7) is 0. The molecule has 0 spiro atoms. The molecule has 1 aromatic rings. The van der Waals surface area contributed by atoms with Crippen molar-refractivity contribution in [2.24, 2.45) is 7.05 Å². The number of halogens is 5. The molecule has 11 heteroatoms. The first kappa shape index (κ1) is 12.3. The van der Waals surface area contributed by atoms with E-state index in [1.54, 1.807) is 0 Å². The largest absolute Gasteiger partial charge is 0.460 e. The first-order chi connectivity index (χ1) is 7.09. The van der Waals surface area contributed by atoms with Gasteiger partial charge in [-0.15, -0.1) is 0 Å². The van der Waals surface area contributed by atoms with Crippen molar-refractivity contribution in [3.8, 4) is 0 Å². The van der Waals surface area contributed by atoms with Crippen molar-refractivity contribution < 1.29 is 26.9 Å². The Balaban J connectivity index is 3.43. The molecule has 0 amide bonds. The van der Waals surface area contributed by atoms with Crippen molar-refractivity contribution in [3.05, 3.63) is 15.8 Å². The van der Waals surface area contributed by atoms with Crippen LogP contribution in [0.1, 0.15) is 5.69 Å². The van der Waals surface area contributed by atoms with Gasteiger partial charge in [-0.2, -0.15) is 22.0 Å². The lowest BCUT2D eigenvalue weighted by molar-refractivity contribution is -0.394. The van der Waals surface area contributed by atoms with Crippen LogP contribution < -0.4 is 0 Å². The Hall–Kier alpha value is -1.81. The van der Waals surface area contributed by atoms with Gasteiger partial charge in [0.1, 0.15) is 5.10 Å². The van der Waals surface area contributed by atoms with Crippen LogP contribution in [0.3, 0.4) is 0 Å². The summed E-state index contributed by atoms with van der Waals surface area (Å²) in [6.07, 6.45) is -5.95. The summed E-state index contributed by atoms with van der Waals surface area (Å²) in [5.74, 6) is -7.00. The van der Waals surface area contributed by atoms with E-state index >= 15 is 0 Å². The predicted molar refractivity (Wildman–Crippen MR) is 37.6 cm³/mol. The SMILES string of the molecule is Cn1nnc([N+](=O)[O-])c1C(F)(F)C(F)(F)F. The maximum absolute atomic E-state index is 12.8. The zero-order valence-corrected chi connectivity index (χ0v) is 7.50. The average molecular weight is 246 g/mol. The molecular weight excluding hydrogens is 243 g/mol. The van der Waals surface area contributed by atoms with Gasteiger partial charge in [0.15, 0.2) is 0 Å². The van der Waals surface area contributed by atoms with Gasteiger partial charge in [-0.3, -0.25) is 0 Å². The third-order valence-electron chi connectivity index (χ3n) is 1.64. The van der Waals surface area contributed by atoms with E-state index < -0.39 is 28.5 Å². The fourth-order valence-electron chi connectivity index (χ4n) is 0.947. The molecule has 0 N–H and O–H groups in total. The molecule has 6 nitrogen and oxygen atoms in total. The molecule has 0 aliphatic carbocycles. The Kier molecular flexibility index (Phi) is 2.57. The van der Waals surface area contributed by atoms with Crippen LogP contribution in [0, 0.1) is 10.1 Å². The van der Waals surface area contributed by atoms with Gasteiger partial charge in [-0.25, -0.2) is 4.68 Å². The Bertz CT molecular complexity index is 425. The van der Waals surface area contributed by atoms with Crippen molar-refractivity contribution in [1.29, 1.82) is 0 Å². The van der Waals surface area contributed by atoms with Gasteiger partial charge in [0.2, 0.25) is 5.69 Å². The first-order valence-corrected chi connectivity index (χ1v) is 3.58. The summed E-state index contributed by atoms with van der Waals surface area (Å²) in [5.41, 5.74) is -1.90. The van der Waals surface area contributed by atoms with Gasteiger partial charge < -0.3 is 10.1 Å². The second-order valence-corrected chi connectivity index (χ2v) is 2.71. The zero-order chi connectivity index (χ0) is 12.7. The van der Waals surface area contributed by atoms with Crippen LogP contribution >= 0.6 is 0 Å². The lowest BCUT2D eigenvalue weighted by Gasteiger charge is -2.17. The van der Waals surface area contributed by atoms with Crippen LogP contribution in [0.2, 0.25) is 0 Å². The van der Waals surface area contributed by atoms with Crippen LogP contribution in [-0.2, 0) is 13.0 Å². The highest BCUT2D eigenvalue weighted by Gasteiger charge is 2.64. The van der Waals surface area contributed by atoms with Gasteiger partial charge in [-0.1, -0.05) is 0 Å². The molecule has 0 saturated heterocycles. The predicted octanol–water partition coefficient (Wildman–Crippen LogP) is 1.38. The molecule has 0 atom stereocenters. The van der Waals surface area contributed by atoms with E-state index in [0.29, 0.717) is 7.05 Å². The van der Waals surface area contributed by atoms with E-state index in [0.717, 1.165) is 0 Å². The van der Waals surface area contributed by atoms with E-state index in [-0.39, 0.29) is 4.68 Å². The number of alkyl halides is 5. The molecule has 1 aromatic heterocycles.